The fraction of sp³-hybridized carbons (Fsp3) is 0.171. The highest BCUT2D eigenvalue weighted by molar-refractivity contribution is 6.89. The monoisotopic (exact) mass is 654 g/mol. The summed E-state index contributed by atoms with van der Waals surface area (Å²) < 4.78 is 17.6. The van der Waals surface area contributed by atoms with Crippen LogP contribution in [0.3, 0.4) is 0 Å². The summed E-state index contributed by atoms with van der Waals surface area (Å²) in [5.74, 6) is 3.15. The minimum atomic E-state index is -1.74. The number of benzene rings is 4. The molecule has 230 valence electrons. The Morgan fingerprint density at radius 2 is 1.15 bits per heavy atom. The zero-order valence-electron chi connectivity index (χ0n) is 27.9. The molecule has 4 aromatic heterocycles. The molecule has 7 heteroatoms. The Balaban J connectivity index is 1.44. The summed E-state index contributed by atoms with van der Waals surface area (Å²) in [5.41, 5.74) is 10.8. The fourth-order valence-electron chi connectivity index (χ4n) is 9.62. The van der Waals surface area contributed by atoms with E-state index in [4.69, 9.17) is 4.74 Å². The normalized spacial score (nSPS) is 17.6. The van der Waals surface area contributed by atoms with Crippen LogP contribution >= 0.6 is 0 Å². The lowest BCUT2D eigenvalue weighted by molar-refractivity contribution is -0.938. The molecule has 0 radical (unpaired) electrons. The van der Waals surface area contributed by atoms with Gasteiger partial charge in [0.25, 0.3) is 11.5 Å². The van der Waals surface area contributed by atoms with Gasteiger partial charge in [0.1, 0.15) is 16.6 Å². The molecule has 0 aliphatic carbocycles. The van der Waals surface area contributed by atoms with Gasteiger partial charge in [-0.25, -0.2) is 0 Å². The number of hydrogen-bond donors (Lipinski definition) is 0. The summed E-state index contributed by atoms with van der Waals surface area (Å²) in [4.78, 5) is 0. The van der Waals surface area contributed by atoms with Crippen molar-refractivity contribution in [3.8, 4) is 34.5 Å². The van der Waals surface area contributed by atoms with Gasteiger partial charge < -0.3 is 9.30 Å². The number of fused-ring (bicyclic) bond motifs is 9. The van der Waals surface area contributed by atoms with Gasteiger partial charge >= 0.3 is 11.5 Å². The molecule has 1 unspecified atom stereocenters. The number of aromatic nitrogens is 4. The Hall–Kier alpha value is -4.99. The van der Waals surface area contributed by atoms with E-state index in [9.17, 15) is 0 Å². The van der Waals surface area contributed by atoms with Crippen LogP contribution in [0.25, 0.3) is 66.5 Å². The first-order valence-corrected chi connectivity index (χ1v) is 24.1. The Labute approximate surface area is 279 Å². The number of nitrogens with zero attached hydrogens (tertiary/aromatic N) is 4. The van der Waals surface area contributed by atoms with Crippen molar-refractivity contribution in [3.63, 3.8) is 0 Å². The number of rotatable bonds is 2. The lowest BCUT2D eigenvalue weighted by Gasteiger charge is -2.37. The maximum atomic E-state index is 7.15. The van der Waals surface area contributed by atoms with Crippen molar-refractivity contribution in [2.24, 2.45) is 0 Å². The van der Waals surface area contributed by atoms with E-state index in [1.807, 2.05) is 0 Å². The molecule has 0 saturated carbocycles. The molecule has 12 rings (SSSR count). The van der Waals surface area contributed by atoms with Crippen LogP contribution in [0.5, 0.6) is 11.6 Å². The summed E-state index contributed by atoms with van der Waals surface area (Å²) >= 11 is 0. The van der Waals surface area contributed by atoms with Crippen LogP contribution in [0.15, 0.2) is 97.1 Å². The third kappa shape index (κ3) is 2.60. The van der Waals surface area contributed by atoms with Gasteiger partial charge in [0.15, 0.2) is 11.3 Å². The van der Waals surface area contributed by atoms with Crippen LogP contribution < -0.4 is 24.2 Å². The zero-order valence-corrected chi connectivity index (χ0v) is 29.9. The second-order valence-electron chi connectivity index (χ2n) is 16.3. The maximum Gasteiger partial charge on any atom is 0.378 e. The highest BCUT2D eigenvalue weighted by atomic mass is 28.3. The Morgan fingerprint density at radius 1 is 0.562 bits per heavy atom. The van der Waals surface area contributed by atoms with Crippen LogP contribution in [0.2, 0.25) is 39.3 Å². The first-order chi connectivity index (χ1) is 23.1. The molecular formula is C41H34N4OSi2+2. The zero-order chi connectivity index (χ0) is 32.2. The van der Waals surface area contributed by atoms with Gasteiger partial charge in [0.2, 0.25) is 5.69 Å². The largest absolute Gasteiger partial charge is 0.404 e. The number of para-hydroxylation sites is 2. The third-order valence-electron chi connectivity index (χ3n) is 11.7. The summed E-state index contributed by atoms with van der Waals surface area (Å²) in [6.07, 6.45) is 0. The molecule has 5 nitrogen and oxygen atoms in total. The summed E-state index contributed by atoms with van der Waals surface area (Å²) in [6, 6.07) is 37.2. The lowest BCUT2D eigenvalue weighted by Crippen LogP contribution is -2.75. The summed E-state index contributed by atoms with van der Waals surface area (Å²) in [5, 5.41) is 8.05. The van der Waals surface area contributed by atoms with E-state index in [1.165, 1.54) is 88.0 Å². The van der Waals surface area contributed by atoms with Crippen LogP contribution in [0.1, 0.15) is 11.1 Å². The smallest absolute Gasteiger partial charge is 0.378 e. The molecule has 0 fully saturated rings. The van der Waals surface area contributed by atoms with Gasteiger partial charge in [-0.15, -0.1) is 9.13 Å². The molecule has 4 aliphatic heterocycles. The van der Waals surface area contributed by atoms with Gasteiger partial charge in [0.05, 0.1) is 38.9 Å². The minimum Gasteiger partial charge on any atom is -0.404 e. The SMILES string of the molecule is C[Si](C)(C)c1cc2[n+]3c(c1)-c1cc([Si](C)(C)C)cc4[n+]1C31c3c(ccc5c6ccccc6n(c35)-c3ccc5c6ccccc6n-4c5c31)O2. The summed E-state index contributed by atoms with van der Waals surface area (Å²) in [7, 11) is -3.45. The second-order valence-corrected chi connectivity index (χ2v) is 26.5. The quantitative estimate of drug-likeness (QED) is 0.140. The molecule has 0 bridgehead atoms. The second kappa shape index (κ2) is 7.67. The molecular weight excluding hydrogens is 621 g/mol. The molecule has 0 saturated heterocycles. The van der Waals surface area contributed by atoms with Crippen molar-refractivity contribution in [3.05, 3.63) is 108 Å². The first kappa shape index (κ1) is 26.0. The molecule has 8 heterocycles. The van der Waals surface area contributed by atoms with Crippen molar-refractivity contribution in [1.29, 1.82) is 0 Å². The van der Waals surface area contributed by atoms with Gasteiger partial charge in [-0.2, -0.15) is 4.57 Å². The van der Waals surface area contributed by atoms with Crippen LogP contribution in [-0.2, 0) is 5.66 Å². The third-order valence-corrected chi connectivity index (χ3v) is 15.8. The van der Waals surface area contributed by atoms with Crippen molar-refractivity contribution in [2.75, 3.05) is 0 Å². The van der Waals surface area contributed by atoms with E-state index in [-0.39, 0.29) is 0 Å². The predicted octanol–water partition coefficient (Wildman–Crippen LogP) is 7.56. The standard InChI is InChI=1S/C41H34N4OSi2/c1-47(2,3)23-19-32-33-20-24(48(4,5)6)22-36-45(33)41-37-31(42-29-13-9-7-11-25(29)28-16-18-34(46-36)38(41)40(28)42)17-15-27-26-12-8-10-14-30(26)43(39(27)37)35(21-23)44(32)41/h7-22H,1-6H3/q+2. The summed E-state index contributed by atoms with van der Waals surface area (Å²) in [6.45, 7) is 14.8. The van der Waals surface area contributed by atoms with E-state index in [0.717, 1.165) is 11.6 Å². The van der Waals surface area contributed by atoms with Gasteiger partial charge in [-0.1, -0.05) is 69.6 Å². The highest BCUT2D eigenvalue weighted by Gasteiger charge is 2.71. The first-order valence-electron chi connectivity index (χ1n) is 17.1. The van der Waals surface area contributed by atoms with Gasteiger partial charge in [0, 0.05) is 33.7 Å². The van der Waals surface area contributed by atoms with E-state index >= 15 is 0 Å². The molecule has 0 N–H and O–H groups in total. The number of hydrogen-bond acceptors (Lipinski definition) is 1. The predicted molar refractivity (Wildman–Crippen MR) is 199 cm³/mol. The van der Waals surface area contributed by atoms with Crippen molar-refractivity contribution >= 4 is 70.1 Å². The Morgan fingerprint density at radius 3 is 1.83 bits per heavy atom. The molecule has 0 amide bonds. The molecule has 8 aromatic rings. The van der Waals surface area contributed by atoms with Crippen molar-refractivity contribution < 1.29 is 13.9 Å². The van der Waals surface area contributed by atoms with Crippen LogP contribution in [0, 0.1) is 0 Å². The lowest BCUT2D eigenvalue weighted by atomic mass is 9.81. The van der Waals surface area contributed by atoms with Crippen molar-refractivity contribution in [2.45, 2.75) is 44.9 Å². The average Bonchev–Trinajstić information content (AvgIpc) is 3.69. The van der Waals surface area contributed by atoms with Crippen LogP contribution in [0.4, 0.5) is 0 Å². The molecule has 48 heavy (non-hydrogen) atoms. The van der Waals surface area contributed by atoms with E-state index in [1.54, 1.807) is 0 Å². The molecule has 4 aliphatic rings. The van der Waals surface area contributed by atoms with Gasteiger partial charge in [-0.05, 0) is 58.9 Å². The van der Waals surface area contributed by atoms with Crippen LogP contribution in [-0.4, -0.2) is 25.3 Å². The molecule has 1 spiro atoms. The Kier molecular flexibility index (Phi) is 4.16. The van der Waals surface area contributed by atoms with E-state index < -0.39 is 21.8 Å². The van der Waals surface area contributed by atoms with E-state index in [0.29, 0.717) is 0 Å². The molecule has 4 aromatic carbocycles. The average molecular weight is 655 g/mol. The number of ether oxygens (including phenoxy) is 1. The van der Waals surface area contributed by atoms with Gasteiger partial charge in [-0.3, -0.25) is 0 Å². The number of pyridine rings is 2. The highest BCUT2D eigenvalue weighted by Crippen LogP contribution is 2.57. The van der Waals surface area contributed by atoms with Crippen molar-refractivity contribution in [1.82, 2.24) is 9.13 Å². The fourth-order valence-corrected chi connectivity index (χ4v) is 11.9. The maximum absolute atomic E-state index is 7.15. The van der Waals surface area contributed by atoms with E-state index in [2.05, 4.69) is 155 Å². The molecule has 1 atom stereocenters. The Bertz CT molecular complexity index is 2900. The topological polar surface area (TPSA) is 26.8 Å². The minimum absolute atomic E-state index is 0.637.